The van der Waals surface area contributed by atoms with E-state index in [2.05, 4.69) is 31.2 Å². The van der Waals surface area contributed by atoms with E-state index in [1.165, 1.54) is 12.4 Å². The maximum atomic E-state index is 11.4. The van der Waals surface area contributed by atoms with Crippen molar-refractivity contribution in [1.82, 2.24) is 9.97 Å². The topological polar surface area (TPSA) is 72.0 Å². The van der Waals surface area contributed by atoms with Crippen LogP contribution in [-0.4, -0.2) is 24.6 Å². The third kappa shape index (κ3) is 3.27. The summed E-state index contributed by atoms with van der Waals surface area (Å²) in [5.41, 5.74) is 0.816. The van der Waals surface area contributed by atoms with E-state index in [-0.39, 0.29) is 5.03 Å². The van der Waals surface area contributed by atoms with E-state index in [0.717, 1.165) is 16.4 Å². The second-order valence-electron chi connectivity index (χ2n) is 3.65. The molecule has 1 aromatic carbocycles. The highest BCUT2D eigenvalue weighted by molar-refractivity contribution is 9.10. The van der Waals surface area contributed by atoms with Gasteiger partial charge < -0.3 is 5.32 Å². The van der Waals surface area contributed by atoms with Gasteiger partial charge in [-0.05, 0) is 24.3 Å². The van der Waals surface area contributed by atoms with Crippen LogP contribution >= 0.6 is 15.9 Å². The summed E-state index contributed by atoms with van der Waals surface area (Å²) in [6.45, 7) is 0. The average molecular weight is 328 g/mol. The molecular formula is C11H10BrN3O2S. The van der Waals surface area contributed by atoms with Crippen LogP contribution in [0.15, 0.2) is 46.2 Å². The second-order valence-corrected chi connectivity index (χ2v) is 6.52. The van der Waals surface area contributed by atoms with E-state index in [0.29, 0.717) is 5.82 Å². The number of nitrogens with one attached hydrogen (secondary N) is 1. The number of sulfone groups is 1. The predicted molar refractivity (Wildman–Crippen MR) is 72.6 cm³/mol. The fourth-order valence-electron chi connectivity index (χ4n) is 1.29. The number of aromatic nitrogens is 2. The monoisotopic (exact) mass is 327 g/mol. The average Bonchev–Trinajstić information content (AvgIpc) is 2.31. The van der Waals surface area contributed by atoms with Gasteiger partial charge in [0.1, 0.15) is 12.1 Å². The molecule has 18 heavy (non-hydrogen) atoms. The Morgan fingerprint density at radius 3 is 2.44 bits per heavy atom. The van der Waals surface area contributed by atoms with Gasteiger partial charge in [-0.2, -0.15) is 0 Å². The minimum Gasteiger partial charge on any atom is -0.340 e. The molecule has 5 nitrogen and oxygen atoms in total. The van der Waals surface area contributed by atoms with Crippen LogP contribution in [0.1, 0.15) is 0 Å². The Hall–Kier alpha value is -1.47. The minimum atomic E-state index is -3.32. The van der Waals surface area contributed by atoms with Gasteiger partial charge in [0, 0.05) is 22.5 Å². The lowest BCUT2D eigenvalue weighted by atomic mass is 10.3. The summed E-state index contributed by atoms with van der Waals surface area (Å²) >= 11 is 3.34. The molecule has 7 heteroatoms. The summed E-state index contributed by atoms with van der Waals surface area (Å²) in [5.74, 6) is 0.438. The van der Waals surface area contributed by atoms with Crippen molar-refractivity contribution in [2.45, 2.75) is 5.03 Å². The first-order valence-electron chi connectivity index (χ1n) is 5.00. The number of halogens is 1. The molecular weight excluding hydrogens is 318 g/mol. The van der Waals surface area contributed by atoms with Crippen LogP contribution in [0, 0.1) is 0 Å². The summed E-state index contributed by atoms with van der Waals surface area (Å²) in [7, 11) is -3.32. The molecule has 94 valence electrons. The normalized spacial score (nSPS) is 11.2. The minimum absolute atomic E-state index is 0.00267. The Bertz CT molecular complexity index is 656. The van der Waals surface area contributed by atoms with Crippen molar-refractivity contribution in [3.63, 3.8) is 0 Å². The number of nitrogens with zero attached hydrogens (tertiary/aromatic N) is 2. The Balaban J connectivity index is 2.27. The third-order valence-corrected chi connectivity index (χ3v) is 3.65. The van der Waals surface area contributed by atoms with Crippen LogP contribution in [0.25, 0.3) is 0 Å². The molecule has 0 aliphatic carbocycles. The zero-order valence-corrected chi connectivity index (χ0v) is 11.9. The lowest BCUT2D eigenvalue weighted by Gasteiger charge is -2.06. The first-order valence-corrected chi connectivity index (χ1v) is 7.68. The van der Waals surface area contributed by atoms with Crippen molar-refractivity contribution in [3.8, 4) is 0 Å². The Morgan fingerprint density at radius 1 is 1.17 bits per heavy atom. The van der Waals surface area contributed by atoms with Crippen molar-refractivity contribution in [2.75, 3.05) is 11.6 Å². The molecule has 0 unspecified atom stereocenters. The summed E-state index contributed by atoms with van der Waals surface area (Å²) in [6, 6.07) is 8.86. The van der Waals surface area contributed by atoms with Gasteiger partial charge in [-0.15, -0.1) is 0 Å². The van der Waals surface area contributed by atoms with Gasteiger partial charge in [0.05, 0.1) is 0 Å². The molecule has 0 saturated carbocycles. The fraction of sp³-hybridized carbons (Fsp3) is 0.0909. The van der Waals surface area contributed by atoms with Gasteiger partial charge in [-0.1, -0.05) is 15.9 Å². The standard InChI is InChI=1S/C11H10BrN3O2S/c1-18(16,17)11-6-10(13-7-14-11)15-9-4-2-8(12)3-5-9/h2-7H,1H3,(H,13,14,15). The molecule has 0 bridgehead atoms. The maximum absolute atomic E-state index is 11.4. The SMILES string of the molecule is CS(=O)(=O)c1cc(Nc2ccc(Br)cc2)ncn1. The van der Waals surface area contributed by atoms with Crippen molar-refractivity contribution >= 4 is 37.3 Å². The van der Waals surface area contributed by atoms with Crippen molar-refractivity contribution < 1.29 is 8.42 Å². The number of anilines is 2. The first kappa shape index (κ1) is 13.0. The van der Waals surface area contributed by atoms with Crippen LogP contribution < -0.4 is 5.32 Å². The molecule has 0 fully saturated rings. The lowest BCUT2D eigenvalue weighted by Crippen LogP contribution is -2.03. The highest BCUT2D eigenvalue weighted by Gasteiger charge is 2.09. The number of benzene rings is 1. The van der Waals surface area contributed by atoms with Gasteiger partial charge in [0.2, 0.25) is 0 Å². The zero-order chi connectivity index (χ0) is 13.2. The molecule has 1 N–H and O–H groups in total. The number of hydrogen-bond donors (Lipinski definition) is 1. The predicted octanol–water partition coefficient (Wildman–Crippen LogP) is 2.39. The molecule has 0 saturated heterocycles. The Morgan fingerprint density at radius 2 is 1.83 bits per heavy atom. The van der Waals surface area contributed by atoms with E-state index >= 15 is 0 Å². The molecule has 0 aliphatic rings. The van der Waals surface area contributed by atoms with Gasteiger partial charge in [0.15, 0.2) is 14.9 Å². The summed E-state index contributed by atoms with van der Waals surface area (Å²) in [5, 5.41) is 3.00. The summed E-state index contributed by atoms with van der Waals surface area (Å²) in [6.07, 6.45) is 2.33. The van der Waals surface area contributed by atoms with E-state index < -0.39 is 9.84 Å². The summed E-state index contributed by atoms with van der Waals surface area (Å²) in [4.78, 5) is 7.69. The Kier molecular flexibility index (Phi) is 3.63. The van der Waals surface area contributed by atoms with Crippen molar-refractivity contribution in [1.29, 1.82) is 0 Å². The quantitative estimate of drug-likeness (QED) is 0.876. The van der Waals surface area contributed by atoms with E-state index in [4.69, 9.17) is 0 Å². The highest BCUT2D eigenvalue weighted by Crippen LogP contribution is 2.18. The fourth-order valence-corrected chi connectivity index (χ4v) is 2.12. The van der Waals surface area contributed by atoms with Gasteiger partial charge in [0.25, 0.3) is 0 Å². The molecule has 0 aliphatic heterocycles. The molecule has 2 rings (SSSR count). The molecule has 1 heterocycles. The van der Waals surface area contributed by atoms with Crippen LogP contribution in [0.4, 0.5) is 11.5 Å². The summed E-state index contributed by atoms with van der Waals surface area (Å²) < 4.78 is 23.7. The van der Waals surface area contributed by atoms with Crippen LogP contribution in [0.2, 0.25) is 0 Å². The molecule has 0 spiro atoms. The van der Waals surface area contributed by atoms with Crippen LogP contribution in [0.5, 0.6) is 0 Å². The van der Waals surface area contributed by atoms with Gasteiger partial charge in [-0.25, -0.2) is 18.4 Å². The molecule has 2 aromatic rings. The van der Waals surface area contributed by atoms with Crippen LogP contribution in [0.3, 0.4) is 0 Å². The molecule has 0 atom stereocenters. The van der Waals surface area contributed by atoms with E-state index in [1.807, 2.05) is 24.3 Å². The van der Waals surface area contributed by atoms with Crippen molar-refractivity contribution in [2.24, 2.45) is 0 Å². The highest BCUT2D eigenvalue weighted by atomic mass is 79.9. The van der Waals surface area contributed by atoms with Crippen molar-refractivity contribution in [3.05, 3.63) is 41.1 Å². The molecule has 0 radical (unpaired) electrons. The first-order chi connectivity index (χ1) is 8.45. The smallest absolute Gasteiger partial charge is 0.192 e. The van der Waals surface area contributed by atoms with Gasteiger partial charge in [-0.3, -0.25) is 0 Å². The molecule has 0 amide bonds. The van der Waals surface area contributed by atoms with Gasteiger partial charge >= 0.3 is 0 Å². The lowest BCUT2D eigenvalue weighted by molar-refractivity contribution is 0.598. The molecule has 1 aromatic heterocycles. The number of hydrogen-bond acceptors (Lipinski definition) is 5. The maximum Gasteiger partial charge on any atom is 0.192 e. The zero-order valence-electron chi connectivity index (χ0n) is 9.46. The number of rotatable bonds is 3. The van der Waals surface area contributed by atoms with E-state index in [1.54, 1.807) is 0 Å². The van der Waals surface area contributed by atoms with E-state index in [9.17, 15) is 8.42 Å². The third-order valence-electron chi connectivity index (χ3n) is 2.14. The Labute approximate surface area is 113 Å². The second kappa shape index (κ2) is 5.03. The largest absolute Gasteiger partial charge is 0.340 e. The van der Waals surface area contributed by atoms with Crippen LogP contribution in [-0.2, 0) is 9.84 Å².